The smallest absolute Gasteiger partial charge is 0.421 e. The summed E-state index contributed by atoms with van der Waals surface area (Å²) in [7, 11) is 0. The molecule has 38 heavy (non-hydrogen) atoms. The third-order valence-electron chi connectivity index (χ3n) is 7.53. The molecule has 0 bridgehead atoms. The number of benzene rings is 2. The number of fused-ring (bicyclic) bond motifs is 2. The lowest BCUT2D eigenvalue weighted by Crippen LogP contribution is -2.71. The average Bonchev–Trinajstić information content (AvgIpc) is 3.22. The molecule has 1 aliphatic heterocycles. The van der Waals surface area contributed by atoms with E-state index >= 15 is 0 Å². The third-order valence-corrected chi connectivity index (χ3v) is 7.53. The molecular weight excluding hydrogens is 488 g/mol. The Morgan fingerprint density at radius 3 is 1.92 bits per heavy atom. The number of carbonyl (C=O) groups is 6. The van der Waals surface area contributed by atoms with Gasteiger partial charge in [0.25, 0.3) is 5.91 Å². The maximum Gasteiger partial charge on any atom is 0.421 e. The molecule has 0 unspecified atom stereocenters. The van der Waals surface area contributed by atoms with E-state index in [1.54, 1.807) is 63.2 Å². The molecule has 2 aromatic carbocycles. The van der Waals surface area contributed by atoms with E-state index < -0.39 is 63.5 Å². The zero-order valence-electron chi connectivity index (χ0n) is 22.2. The molecule has 1 fully saturated rings. The van der Waals surface area contributed by atoms with Gasteiger partial charge in [-0.3, -0.25) is 24.0 Å². The normalized spacial score (nSPS) is 23.8. The molecule has 2 amide bonds. The number of ketones is 4. The second kappa shape index (κ2) is 8.72. The van der Waals surface area contributed by atoms with E-state index in [-0.39, 0.29) is 11.3 Å². The quantitative estimate of drug-likeness (QED) is 0.593. The lowest BCUT2D eigenvalue weighted by Gasteiger charge is -2.47. The first-order valence-electron chi connectivity index (χ1n) is 12.2. The Kier molecular flexibility index (Phi) is 6.17. The number of para-hydroxylation sites is 2. The van der Waals surface area contributed by atoms with E-state index in [9.17, 15) is 28.8 Å². The number of imide groups is 1. The number of nitrogens with zero attached hydrogens (tertiary/aromatic N) is 1. The van der Waals surface area contributed by atoms with E-state index in [4.69, 9.17) is 4.74 Å². The van der Waals surface area contributed by atoms with Crippen LogP contribution in [-0.2, 0) is 34.1 Å². The maximum absolute atomic E-state index is 14.8. The standard InChI is InChI=1S/C29H30N2O7/c1-17(32)27(18(2)33)16-23(35)29(19(3)34,30-20-12-8-7-9-13-20)28(27)21-14-10-11-15-22(21)31(24(28)36)25(37)38-26(4,5)6/h7-15,30H,16H2,1-6H3/t28-,29-/m1/s1. The first-order valence-corrected chi connectivity index (χ1v) is 12.2. The van der Waals surface area contributed by atoms with Crippen LogP contribution in [0.2, 0.25) is 0 Å². The van der Waals surface area contributed by atoms with Crippen molar-refractivity contribution in [1.29, 1.82) is 0 Å². The number of rotatable bonds is 5. The number of carbonyl (C=O) groups excluding carboxylic acids is 6. The second-order valence-electron chi connectivity index (χ2n) is 10.8. The van der Waals surface area contributed by atoms with Gasteiger partial charge in [0, 0.05) is 12.1 Å². The van der Waals surface area contributed by atoms with Crippen molar-refractivity contribution in [2.75, 3.05) is 10.2 Å². The zero-order valence-corrected chi connectivity index (χ0v) is 22.2. The van der Waals surface area contributed by atoms with Crippen LogP contribution in [0.3, 0.4) is 0 Å². The summed E-state index contributed by atoms with van der Waals surface area (Å²) in [4.78, 5) is 83.9. The maximum atomic E-state index is 14.8. The fourth-order valence-corrected chi connectivity index (χ4v) is 6.15. The van der Waals surface area contributed by atoms with Crippen molar-refractivity contribution < 1.29 is 33.5 Å². The van der Waals surface area contributed by atoms with Crippen molar-refractivity contribution in [1.82, 2.24) is 0 Å². The van der Waals surface area contributed by atoms with Gasteiger partial charge in [-0.1, -0.05) is 36.4 Å². The van der Waals surface area contributed by atoms with Gasteiger partial charge in [-0.25, -0.2) is 9.69 Å². The van der Waals surface area contributed by atoms with Crippen LogP contribution in [-0.4, -0.2) is 46.3 Å². The largest absolute Gasteiger partial charge is 0.443 e. The number of hydrogen-bond acceptors (Lipinski definition) is 8. The Morgan fingerprint density at radius 2 is 1.39 bits per heavy atom. The molecule has 2 aromatic rings. The lowest BCUT2D eigenvalue weighted by atomic mass is 9.52. The summed E-state index contributed by atoms with van der Waals surface area (Å²) >= 11 is 0. The number of amides is 2. The molecular formula is C29H30N2O7. The summed E-state index contributed by atoms with van der Waals surface area (Å²) in [6, 6.07) is 14.3. The van der Waals surface area contributed by atoms with Crippen LogP contribution in [0, 0.1) is 5.41 Å². The van der Waals surface area contributed by atoms with Gasteiger partial charge in [0.05, 0.1) is 5.69 Å². The van der Waals surface area contributed by atoms with E-state index in [0.29, 0.717) is 5.69 Å². The zero-order chi connectivity index (χ0) is 28.3. The summed E-state index contributed by atoms with van der Waals surface area (Å²) in [5.41, 5.74) is -7.63. The molecule has 1 spiro atoms. The van der Waals surface area contributed by atoms with Crippen LogP contribution < -0.4 is 10.2 Å². The van der Waals surface area contributed by atoms with Gasteiger partial charge in [0.15, 0.2) is 17.1 Å². The Balaban J connectivity index is 2.17. The minimum absolute atomic E-state index is 0.0359. The molecule has 1 N–H and O–H groups in total. The molecule has 2 aliphatic rings. The highest BCUT2D eigenvalue weighted by atomic mass is 16.6. The fraction of sp³-hybridized carbons (Fsp3) is 0.379. The Hall–Kier alpha value is -4.14. The Bertz CT molecular complexity index is 1380. The van der Waals surface area contributed by atoms with Gasteiger partial charge >= 0.3 is 6.09 Å². The van der Waals surface area contributed by atoms with Crippen molar-refractivity contribution in [2.24, 2.45) is 5.41 Å². The van der Waals surface area contributed by atoms with Crippen LogP contribution in [0.4, 0.5) is 16.2 Å². The molecule has 2 atom stereocenters. The van der Waals surface area contributed by atoms with Crippen LogP contribution in [0.1, 0.15) is 53.5 Å². The minimum atomic E-state index is -2.40. The van der Waals surface area contributed by atoms with Gasteiger partial charge in [-0.15, -0.1) is 0 Å². The van der Waals surface area contributed by atoms with Gasteiger partial charge < -0.3 is 10.1 Å². The molecule has 0 radical (unpaired) electrons. The Labute approximate surface area is 220 Å². The molecule has 9 heteroatoms. The molecule has 4 rings (SSSR count). The Morgan fingerprint density at radius 1 is 0.842 bits per heavy atom. The number of hydrogen-bond donors (Lipinski definition) is 1. The first kappa shape index (κ1) is 26.9. The highest BCUT2D eigenvalue weighted by Crippen LogP contribution is 2.65. The van der Waals surface area contributed by atoms with E-state index in [2.05, 4.69) is 5.32 Å². The van der Waals surface area contributed by atoms with Crippen LogP contribution >= 0.6 is 0 Å². The predicted octanol–water partition coefficient (Wildman–Crippen LogP) is 3.78. The molecule has 0 saturated heterocycles. The summed E-state index contributed by atoms with van der Waals surface area (Å²) in [5.74, 6) is -4.14. The summed E-state index contributed by atoms with van der Waals surface area (Å²) in [5, 5.41) is 2.98. The highest BCUT2D eigenvalue weighted by Gasteiger charge is 2.84. The van der Waals surface area contributed by atoms with Crippen LogP contribution in [0.15, 0.2) is 54.6 Å². The number of nitrogens with one attached hydrogen (secondary N) is 1. The van der Waals surface area contributed by atoms with E-state index in [0.717, 1.165) is 25.7 Å². The molecule has 1 heterocycles. The van der Waals surface area contributed by atoms with Crippen LogP contribution in [0.5, 0.6) is 0 Å². The SMILES string of the molecule is CC(=O)C1(C(C)=O)CC(=O)[C@](Nc2ccccc2)(C(C)=O)[C@]12C(=O)N(C(=O)OC(C)(C)C)c1ccccc12. The summed E-state index contributed by atoms with van der Waals surface area (Å²) in [6.45, 7) is 8.26. The van der Waals surface area contributed by atoms with Crippen molar-refractivity contribution in [3.63, 3.8) is 0 Å². The fourth-order valence-electron chi connectivity index (χ4n) is 6.15. The average molecular weight is 519 g/mol. The van der Waals surface area contributed by atoms with Crippen molar-refractivity contribution in [3.05, 3.63) is 60.2 Å². The van der Waals surface area contributed by atoms with Gasteiger partial charge in [0.1, 0.15) is 28.0 Å². The second-order valence-corrected chi connectivity index (χ2v) is 10.8. The number of anilines is 2. The molecule has 9 nitrogen and oxygen atoms in total. The highest BCUT2D eigenvalue weighted by molar-refractivity contribution is 6.36. The summed E-state index contributed by atoms with van der Waals surface area (Å²) in [6.07, 6.45) is -1.75. The monoisotopic (exact) mass is 518 g/mol. The third kappa shape index (κ3) is 3.30. The first-order chi connectivity index (χ1) is 17.7. The number of ether oxygens (including phenoxy) is 1. The molecule has 0 aromatic heterocycles. The topological polar surface area (TPSA) is 127 Å². The van der Waals surface area contributed by atoms with E-state index in [1.807, 2.05) is 0 Å². The van der Waals surface area contributed by atoms with E-state index in [1.165, 1.54) is 12.1 Å². The lowest BCUT2D eigenvalue weighted by molar-refractivity contribution is -0.150. The van der Waals surface area contributed by atoms with Crippen LogP contribution in [0.25, 0.3) is 0 Å². The molecule has 1 aliphatic carbocycles. The van der Waals surface area contributed by atoms with Gasteiger partial charge in [-0.05, 0) is 65.3 Å². The van der Waals surface area contributed by atoms with Crippen molar-refractivity contribution >= 4 is 46.5 Å². The summed E-state index contributed by atoms with van der Waals surface area (Å²) < 4.78 is 5.52. The van der Waals surface area contributed by atoms with Crippen molar-refractivity contribution in [3.8, 4) is 0 Å². The number of Topliss-reactive ketones (excluding diaryl/α,β-unsaturated/α-hetero) is 4. The molecule has 198 valence electrons. The minimum Gasteiger partial charge on any atom is -0.443 e. The van der Waals surface area contributed by atoms with Gasteiger partial charge in [0.2, 0.25) is 0 Å². The predicted molar refractivity (Wildman–Crippen MR) is 139 cm³/mol. The van der Waals surface area contributed by atoms with Gasteiger partial charge in [-0.2, -0.15) is 0 Å². The molecule has 1 saturated carbocycles. The van der Waals surface area contributed by atoms with Crippen molar-refractivity contribution in [2.45, 2.75) is 64.5 Å².